The molecule has 4 nitrogen and oxygen atoms in total. The first-order valence-electron chi connectivity index (χ1n) is 3.50. The predicted octanol–water partition coefficient (Wildman–Crippen LogP) is 1.77. The van der Waals surface area contributed by atoms with Gasteiger partial charge >= 0.3 is 0 Å². The summed E-state index contributed by atoms with van der Waals surface area (Å²) in [5, 5.41) is 30.2. The highest BCUT2D eigenvalue weighted by Gasteiger charge is 2.05. The summed E-state index contributed by atoms with van der Waals surface area (Å²) in [6.45, 7) is 0. The summed E-state index contributed by atoms with van der Waals surface area (Å²) in [7, 11) is 0. The summed E-state index contributed by atoms with van der Waals surface area (Å²) < 4.78 is 0. The normalized spacial score (nSPS) is 14.8. The van der Waals surface area contributed by atoms with Crippen LogP contribution in [-0.4, -0.2) is 21.1 Å². The van der Waals surface area contributed by atoms with Gasteiger partial charge in [0.1, 0.15) is 5.76 Å². The van der Waals surface area contributed by atoms with Gasteiger partial charge in [0, 0.05) is 17.7 Å². The topological polar surface area (TPSA) is 69.4 Å². The maximum absolute atomic E-state index is 10.3. The Kier molecular flexibility index (Phi) is 3.13. The van der Waals surface area contributed by atoms with Crippen LogP contribution < -0.4 is 0 Å². The van der Waals surface area contributed by atoms with Gasteiger partial charge in [-0.25, -0.2) is 0 Å². The first-order chi connectivity index (χ1) is 6.15. The summed E-state index contributed by atoms with van der Waals surface area (Å²) in [5.41, 5.74) is 0.605. The minimum Gasteiger partial charge on any atom is -0.612 e. The third-order valence-corrected chi connectivity index (χ3v) is 2.07. The molecule has 0 radical (unpaired) electrons. The molecular weight excluding hydrogens is 238 g/mol. The van der Waals surface area contributed by atoms with Crippen molar-refractivity contribution < 1.29 is 10.0 Å². The Bertz CT molecular complexity index is 306. The van der Waals surface area contributed by atoms with Crippen LogP contribution in [0.5, 0.6) is 0 Å². The van der Waals surface area contributed by atoms with E-state index in [1.807, 2.05) is 0 Å². The van der Waals surface area contributed by atoms with E-state index in [2.05, 4.69) is 15.9 Å². The first kappa shape index (κ1) is 9.85. The van der Waals surface area contributed by atoms with Gasteiger partial charge in [-0.05, 0) is 12.2 Å². The van der Waals surface area contributed by atoms with Crippen LogP contribution in [0.2, 0.25) is 0 Å². The quantitative estimate of drug-likeness (QED) is 0.331. The number of halogens is 1. The Labute approximate surface area is 83.5 Å². The molecule has 70 valence electrons. The molecular formula is C8H7BrNO3-. The second kappa shape index (κ2) is 4.13. The van der Waals surface area contributed by atoms with Crippen LogP contribution >= 0.6 is 15.9 Å². The number of hydrogen-bond acceptors (Lipinski definition) is 3. The van der Waals surface area contributed by atoms with E-state index in [-0.39, 0.29) is 11.5 Å². The largest absolute Gasteiger partial charge is 0.612 e. The van der Waals surface area contributed by atoms with E-state index in [1.54, 1.807) is 0 Å². The zero-order chi connectivity index (χ0) is 9.84. The Morgan fingerprint density at radius 1 is 1.31 bits per heavy atom. The first-order valence-corrected chi connectivity index (χ1v) is 4.63. The second-order valence-electron chi connectivity index (χ2n) is 2.38. The summed E-state index contributed by atoms with van der Waals surface area (Å²) in [6, 6.07) is 0. The van der Waals surface area contributed by atoms with Crippen molar-refractivity contribution in [2.45, 2.75) is 0 Å². The summed E-state index contributed by atoms with van der Waals surface area (Å²) >= 11 is 3.08. The van der Waals surface area contributed by atoms with E-state index in [0.29, 0.717) is 10.9 Å². The highest BCUT2D eigenvalue weighted by molar-refractivity contribution is 9.09. The number of aliphatic hydroxyl groups excluding tert-OH is 1. The Morgan fingerprint density at radius 3 is 2.23 bits per heavy atom. The standard InChI is InChI=1S/C8H7BrNO3/c9-5-8(11)6-1-3-7(4-2-6)10(12)13/h1-4H,5H2,(H-,11,12,13)/q-1. The van der Waals surface area contributed by atoms with Crippen molar-refractivity contribution in [3.05, 3.63) is 46.1 Å². The lowest BCUT2D eigenvalue weighted by atomic mass is 10.1. The van der Waals surface area contributed by atoms with E-state index < -0.39 is 4.90 Å². The molecule has 0 unspecified atom stereocenters. The molecule has 0 fully saturated rings. The molecule has 0 aromatic rings. The van der Waals surface area contributed by atoms with Crippen molar-refractivity contribution in [1.82, 2.24) is 0 Å². The third-order valence-electron chi connectivity index (χ3n) is 1.54. The van der Waals surface area contributed by atoms with Crippen molar-refractivity contribution in [1.29, 1.82) is 0 Å². The number of hydrogen-bond donors (Lipinski definition) is 1. The zero-order valence-corrected chi connectivity index (χ0v) is 8.19. The van der Waals surface area contributed by atoms with Crippen LogP contribution in [0.15, 0.2) is 35.6 Å². The minimum absolute atomic E-state index is 0.0196. The lowest BCUT2D eigenvalue weighted by molar-refractivity contribution is -0.377. The van der Waals surface area contributed by atoms with Crippen molar-refractivity contribution in [3.8, 4) is 0 Å². The fraction of sp³-hybridized carbons (Fsp3) is 0.125. The van der Waals surface area contributed by atoms with Crippen LogP contribution in [0.4, 0.5) is 0 Å². The van der Waals surface area contributed by atoms with Gasteiger partial charge in [0.15, 0.2) is 0 Å². The highest BCUT2D eigenvalue weighted by atomic mass is 79.9. The van der Waals surface area contributed by atoms with Crippen molar-refractivity contribution in [2.24, 2.45) is 0 Å². The fourth-order valence-corrected chi connectivity index (χ4v) is 1.18. The lowest BCUT2D eigenvalue weighted by Crippen LogP contribution is -2.07. The molecule has 1 aliphatic rings. The smallest absolute Gasteiger partial charge is 0.222 e. The number of nitrogens with zero attached hydrogens (tertiary/aromatic N) is 1. The molecule has 1 rings (SSSR count). The fourth-order valence-electron chi connectivity index (χ4n) is 0.853. The van der Waals surface area contributed by atoms with Crippen LogP contribution in [0.3, 0.4) is 0 Å². The summed E-state index contributed by atoms with van der Waals surface area (Å²) in [5.74, 6) is 0.162. The molecule has 0 bridgehead atoms. The molecule has 0 amide bonds. The lowest BCUT2D eigenvalue weighted by Gasteiger charge is -2.08. The van der Waals surface area contributed by atoms with E-state index >= 15 is 0 Å². The van der Waals surface area contributed by atoms with Gasteiger partial charge in [-0.3, -0.25) is 0 Å². The molecule has 0 atom stereocenters. The van der Waals surface area contributed by atoms with Gasteiger partial charge in [-0.1, -0.05) is 15.9 Å². The number of aliphatic hydroxyl groups is 1. The molecule has 0 heterocycles. The monoisotopic (exact) mass is 244 g/mol. The molecule has 0 saturated heterocycles. The van der Waals surface area contributed by atoms with Gasteiger partial charge in [0.25, 0.3) is 0 Å². The highest BCUT2D eigenvalue weighted by Crippen LogP contribution is 2.12. The second-order valence-corrected chi connectivity index (χ2v) is 2.95. The van der Waals surface area contributed by atoms with Crippen molar-refractivity contribution in [3.63, 3.8) is 0 Å². The van der Waals surface area contributed by atoms with Gasteiger partial charge in [-0.15, -0.1) is 0 Å². The minimum atomic E-state index is -0.477. The molecule has 0 saturated carbocycles. The van der Waals surface area contributed by atoms with Crippen LogP contribution in [0, 0.1) is 10.4 Å². The Morgan fingerprint density at radius 2 is 1.85 bits per heavy atom. The van der Waals surface area contributed by atoms with E-state index in [1.165, 1.54) is 24.3 Å². The Hall–Kier alpha value is -1.23. The molecule has 1 aliphatic carbocycles. The molecule has 1 N–H and O–H groups in total. The van der Waals surface area contributed by atoms with Crippen LogP contribution in [0.25, 0.3) is 0 Å². The molecule has 0 spiro atoms. The van der Waals surface area contributed by atoms with Gasteiger partial charge in [0.2, 0.25) is 5.71 Å². The third kappa shape index (κ3) is 2.35. The number of allylic oxidation sites excluding steroid dienone is 6. The molecule has 5 heteroatoms. The van der Waals surface area contributed by atoms with Crippen molar-refractivity contribution in [2.75, 3.05) is 5.33 Å². The summed E-state index contributed by atoms with van der Waals surface area (Å²) in [6.07, 6.45) is 5.73. The molecule has 0 aliphatic heterocycles. The SMILES string of the molecule is [O-][N+]([O-])=C1C=CC(=C(O)CBr)C=C1. The van der Waals surface area contributed by atoms with Crippen LogP contribution in [-0.2, 0) is 0 Å². The van der Waals surface area contributed by atoms with E-state index in [4.69, 9.17) is 0 Å². The average Bonchev–Trinajstić information content (AvgIpc) is 2.17. The number of alkyl halides is 1. The molecule has 0 aromatic carbocycles. The maximum atomic E-state index is 10.3. The zero-order valence-electron chi connectivity index (χ0n) is 6.61. The Balaban J connectivity index is 2.93. The maximum Gasteiger partial charge on any atom is 0.222 e. The van der Waals surface area contributed by atoms with Gasteiger partial charge in [0.05, 0.1) is 5.33 Å². The van der Waals surface area contributed by atoms with Gasteiger partial charge < -0.3 is 15.5 Å². The van der Waals surface area contributed by atoms with Gasteiger partial charge in [-0.2, -0.15) is 4.90 Å². The van der Waals surface area contributed by atoms with Crippen LogP contribution in [0.1, 0.15) is 0 Å². The predicted molar refractivity (Wildman–Crippen MR) is 53.7 cm³/mol. The summed E-state index contributed by atoms with van der Waals surface area (Å²) in [4.78, 5) is -0.477. The van der Waals surface area contributed by atoms with Crippen molar-refractivity contribution >= 4 is 21.6 Å². The molecule has 0 aromatic heterocycles. The number of rotatable bonds is 1. The molecule has 13 heavy (non-hydrogen) atoms. The van der Waals surface area contributed by atoms with E-state index in [0.717, 1.165) is 0 Å². The van der Waals surface area contributed by atoms with E-state index in [9.17, 15) is 15.5 Å². The average molecular weight is 245 g/mol.